The summed E-state index contributed by atoms with van der Waals surface area (Å²) in [6.07, 6.45) is 1.56. The number of carboxylic acid groups (broad SMARTS) is 1. The zero-order valence-corrected chi connectivity index (χ0v) is 18.2. The van der Waals surface area contributed by atoms with Crippen molar-refractivity contribution in [3.8, 4) is 11.1 Å². The summed E-state index contributed by atoms with van der Waals surface area (Å²) in [7, 11) is -3.66. The van der Waals surface area contributed by atoms with Crippen LogP contribution < -0.4 is 0 Å². The van der Waals surface area contributed by atoms with Gasteiger partial charge in [-0.1, -0.05) is 54.6 Å². The number of hydrogen-bond donors (Lipinski definition) is 1. The van der Waals surface area contributed by atoms with Crippen molar-refractivity contribution in [1.82, 2.24) is 4.31 Å². The quantitative estimate of drug-likeness (QED) is 0.567. The van der Waals surface area contributed by atoms with Crippen molar-refractivity contribution in [3.63, 3.8) is 0 Å². The lowest BCUT2D eigenvalue weighted by Gasteiger charge is -2.25. The number of sulfonamides is 1. The van der Waals surface area contributed by atoms with Crippen molar-refractivity contribution < 1.29 is 23.1 Å². The van der Waals surface area contributed by atoms with Gasteiger partial charge in [0.1, 0.15) is 4.21 Å². The fourth-order valence-electron chi connectivity index (χ4n) is 3.33. The molecule has 0 atom stereocenters. The van der Waals surface area contributed by atoms with Gasteiger partial charge in [0.05, 0.1) is 18.8 Å². The van der Waals surface area contributed by atoms with Crippen molar-refractivity contribution in [2.24, 2.45) is 0 Å². The number of morpholine rings is 1. The first kappa shape index (κ1) is 21.5. The van der Waals surface area contributed by atoms with E-state index in [9.17, 15) is 18.3 Å². The first-order valence-electron chi connectivity index (χ1n) is 9.74. The number of carboxylic acids is 1. The van der Waals surface area contributed by atoms with E-state index in [0.717, 1.165) is 28.0 Å². The molecule has 4 rings (SSSR count). The van der Waals surface area contributed by atoms with E-state index >= 15 is 0 Å². The van der Waals surface area contributed by atoms with E-state index in [1.165, 1.54) is 10.4 Å². The molecule has 160 valence electrons. The van der Waals surface area contributed by atoms with Crippen LogP contribution in [-0.4, -0.2) is 50.1 Å². The zero-order chi connectivity index (χ0) is 21.8. The minimum Gasteiger partial charge on any atom is -0.478 e. The zero-order valence-electron chi connectivity index (χ0n) is 16.6. The number of nitrogens with zero attached hydrogens (tertiary/aromatic N) is 1. The predicted molar refractivity (Wildman–Crippen MR) is 121 cm³/mol. The summed E-state index contributed by atoms with van der Waals surface area (Å²) in [6.45, 7) is 1.31. The number of thiophene rings is 1. The van der Waals surface area contributed by atoms with Crippen LogP contribution in [0.1, 0.15) is 10.4 Å². The highest BCUT2D eigenvalue weighted by atomic mass is 32.2. The van der Waals surface area contributed by atoms with Crippen LogP contribution in [0.2, 0.25) is 0 Å². The third-order valence-electron chi connectivity index (χ3n) is 4.97. The normalized spacial score (nSPS) is 15.7. The highest BCUT2D eigenvalue weighted by Gasteiger charge is 2.28. The summed E-state index contributed by atoms with van der Waals surface area (Å²) < 4.78 is 32.4. The molecule has 0 bridgehead atoms. The highest BCUT2D eigenvalue weighted by Crippen LogP contribution is 2.31. The Kier molecular flexibility index (Phi) is 6.33. The van der Waals surface area contributed by atoms with Gasteiger partial charge in [-0.2, -0.15) is 4.31 Å². The van der Waals surface area contributed by atoms with Gasteiger partial charge in [-0.25, -0.2) is 13.2 Å². The SMILES string of the molecule is O=C(O)/C(=C\c1ccc(-c2ccccc2)cc1)c1ccc(S(=O)(=O)N2CCOCC2)s1. The fourth-order valence-corrected chi connectivity index (χ4v) is 6.20. The maximum Gasteiger partial charge on any atom is 0.337 e. The van der Waals surface area contributed by atoms with E-state index in [1.807, 2.05) is 54.6 Å². The minimum absolute atomic E-state index is 0.0564. The van der Waals surface area contributed by atoms with Gasteiger partial charge in [-0.05, 0) is 34.9 Å². The third-order valence-corrected chi connectivity index (χ3v) is 8.45. The van der Waals surface area contributed by atoms with Gasteiger partial charge < -0.3 is 9.84 Å². The molecule has 0 spiro atoms. The highest BCUT2D eigenvalue weighted by molar-refractivity contribution is 7.91. The minimum atomic E-state index is -3.66. The average molecular weight is 456 g/mol. The van der Waals surface area contributed by atoms with Crippen molar-refractivity contribution in [1.29, 1.82) is 0 Å². The summed E-state index contributed by atoms with van der Waals surface area (Å²) in [4.78, 5) is 12.3. The second-order valence-electron chi connectivity index (χ2n) is 6.99. The van der Waals surface area contributed by atoms with Gasteiger partial charge in [0.25, 0.3) is 10.0 Å². The van der Waals surface area contributed by atoms with Crippen LogP contribution in [0.25, 0.3) is 22.8 Å². The molecule has 1 fully saturated rings. The molecular weight excluding hydrogens is 434 g/mol. The van der Waals surface area contributed by atoms with Gasteiger partial charge in [0.2, 0.25) is 0 Å². The van der Waals surface area contributed by atoms with Crippen molar-refractivity contribution in [2.45, 2.75) is 4.21 Å². The Morgan fingerprint density at radius 2 is 1.58 bits per heavy atom. The Hall–Kier alpha value is -2.78. The fraction of sp³-hybridized carbons (Fsp3) is 0.174. The summed E-state index contributed by atoms with van der Waals surface area (Å²) in [6, 6.07) is 20.5. The van der Waals surface area contributed by atoms with Gasteiger partial charge in [-0.15, -0.1) is 11.3 Å². The lowest BCUT2D eigenvalue weighted by Crippen LogP contribution is -2.40. The van der Waals surface area contributed by atoms with E-state index in [1.54, 1.807) is 12.1 Å². The van der Waals surface area contributed by atoms with Gasteiger partial charge in [0.15, 0.2) is 0 Å². The third kappa shape index (κ3) is 4.77. The Morgan fingerprint density at radius 1 is 0.935 bits per heavy atom. The summed E-state index contributed by atoms with van der Waals surface area (Å²) in [5.41, 5.74) is 2.89. The molecule has 0 radical (unpaired) electrons. The number of ether oxygens (including phenoxy) is 1. The van der Waals surface area contributed by atoms with E-state index < -0.39 is 16.0 Å². The van der Waals surface area contributed by atoms with Crippen LogP contribution in [0.4, 0.5) is 0 Å². The monoisotopic (exact) mass is 455 g/mol. The van der Waals surface area contributed by atoms with Gasteiger partial charge in [-0.3, -0.25) is 0 Å². The molecule has 3 aromatic rings. The molecule has 1 aromatic heterocycles. The summed E-state index contributed by atoms with van der Waals surface area (Å²) >= 11 is 0.970. The van der Waals surface area contributed by atoms with Crippen LogP contribution in [0.5, 0.6) is 0 Å². The standard InChI is InChI=1S/C23H21NO5S2/c25-23(26)20(16-17-6-8-19(9-7-17)18-4-2-1-3-5-18)21-10-11-22(30-21)31(27,28)24-12-14-29-15-13-24/h1-11,16H,12-15H2,(H,25,26)/b20-16-. The predicted octanol–water partition coefficient (Wildman–Crippen LogP) is 4.06. The van der Waals surface area contributed by atoms with Crippen LogP contribution in [0, 0.1) is 0 Å². The van der Waals surface area contributed by atoms with E-state index in [4.69, 9.17) is 4.74 Å². The lowest BCUT2D eigenvalue weighted by atomic mass is 10.0. The molecule has 0 saturated carbocycles. The Balaban J connectivity index is 1.61. The summed E-state index contributed by atoms with van der Waals surface area (Å²) in [5.74, 6) is -1.11. The molecule has 1 N–H and O–H groups in total. The molecule has 0 aliphatic carbocycles. The molecule has 0 unspecified atom stereocenters. The smallest absolute Gasteiger partial charge is 0.337 e. The molecular formula is C23H21NO5S2. The molecule has 1 aliphatic rings. The second kappa shape index (κ2) is 9.15. The Morgan fingerprint density at radius 3 is 2.23 bits per heavy atom. The van der Waals surface area contributed by atoms with Crippen molar-refractivity contribution >= 4 is 39.0 Å². The second-order valence-corrected chi connectivity index (χ2v) is 10.2. The number of aliphatic carboxylic acids is 1. The van der Waals surface area contributed by atoms with Gasteiger partial charge in [0, 0.05) is 18.0 Å². The van der Waals surface area contributed by atoms with Gasteiger partial charge >= 0.3 is 5.97 Å². The van der Waals surface area contributed by atoms with Crippen LogP contribution in [0.15, 0.2) is 70.9 Å². The molecule has 0 amide bonds. The number of benzene rings is 2. The molecule has 1 aliphatic heterocycles. The number of rotatable bonds is 6. The Bertz CT molecular complexity index is 1190. The summed E-state index contributed by atoms with van der Waals surface area (Å²) in [5, 5.41) is 9.74. The first-order valence-corrected chi connectivity index (χ1v) is 12.0. The van der Waals surface area contributed by atoms with Crippen LogP contribution >= 0.6 is 11.3 Å². The first-order chi connectivity index (χ1) is 14.9. The van der Waals surface area contributed by atoms with Crippen molar-refractivity contribution in [2.75, 3.05) is 26.3 Å². The molecule has 2 aromatic carbocycles. The van der Waals surface area contributed by atoms with E-state index in [-0.39, 0.29) is 9.78 Å². The Labute approximate surface area is 185 Å². The lowest BCUT2D eigenvalue weighted by molar-refractivity contribution is -0.130. The average Bonchev–Trinajstić information content (AvgIpc) is 3.30. The number of hydrogen-bond acceptors (Lipinski definition) is 5. The van der Waals surface area contributed by atoms with Crippen LogP contribution in [-0.2, 0) is 19.6 Å². The van der Waals surface area contributed by atoms with E-state index in [0.29, 0.717) is 31.2 Å². The molecule has 1 saturated heterocycles. The largest absolute Gasteiger partial charge is 0.478 e. The molecule has 2 heterocycles. The van der Waals surface area contributed by atoms with Crippen LogP contribution in [0.3, 0.4) is 0 Å². The van der Waals surface area contributed by atoms with Crippen molar-refractivity contribution in [3.05, 3.63) is 77.2 Å². The number of carbonyl (C=O) groups is 1. The topological polar surface area (TPSA) is 83.9 Å². The molecule has 6 nitrogen and oxygen atoms in total. The molecule has 8 heteroatoms. The maximum absolute atomic E-state index is 12.8. The van der Waals surface area contributed by atoms with E-state index in [2.05, 4.69) is 0 Å². The maximum atomic E-state index is 12.8. The molecule has 31 heavy (non-hydrogen) atoms.